The van der Waals surface area contributed by atoms with Crippen LogP contribution >= 0.6 is 0 Å². The maximum absolute atomic E-state index is 14.7. The topological polar surface area (TPSA) is 0 Å². The van der Waals surface area contributed by atoms with Gasteiger partial charge in [-0.3, -0.25) is 0 Å². The predicted molar refractivity (Wildman–Crippen MR) is 78.0 cm³/mol. The molecule has 0 amide bonds. The molecule has 0 radical (unpaired) electrons. The van der Waals surface area contributed by atoms with Gasteiger partial charge in [-0.25, -0.2) is 13.2 Å². The minimum atomic E-state index is -3.00. The van der Waals surface area contributed by atoms with Gasteiger partial charge in [-0.05, 0) is 54.7 Å². The summed E-state index contributed by atoms with van der Waals surface area (Å²) in [5.74, 6) is -3.74. The van der Waals surface area contributed by atoms with Crippen molar-refractivity contribution in [3.05, 3.63) is 34.6 Å². The molecule has 1 saturated carbocycles. The van der Waals surface area contributed by atoms with Crippen molar-refractivity contribution in [2.24, 2.45) is 17.8 Å². The second-order valence-electron chi connectivity index (χ2n) is 6.92. The molecular weight excluding hydrogens is 273 g/mol. The molecule has 1 unspecified atom stereocenters. The highest BCUT2D eigenvalue weighted by Crippen LogP contribution is 2.53. The largest absolute Gasteiger partial charge is 0.279 e. The van der Waals surface area contributed by atoms with E-state index in [0.29, 0.717) is 24.3 Å². The monoisotopic (exact) mass is 296 g/mol. The summed E-state index contributed by atoms with van der Waals surface area (Å²) in [5, 5.41) is 0. The van der Waals surface area contributed by atoms with Gasteiger partial charge < -0.3 is 0 Å². The summed E-state index contributed by atoms with van der Waals surface area (Å²) < 4.78 is 43.6. The van der Waals surface area contributed by atoms with E-state index in [9.17, 15) is 13.2 Å². The average Bonchev–Trinajstić information content (AvgIpc) is 2.71. The van der Waals surface area contributed by atoms with Crippen molar-refractivity contribution in [2.45, 2.75) is 58.3 Å². The third kappa shape index (κ3) is 2.49. The number of rotatable bonds is 2. The van der Waals surface area contributed by atoms with E-state index in [0.717, 1.165) is 31.2 Å². The number of alkyl halides is 2. The Morgan fingerprint density at radius 1 is 1.14 bits per heavy atom. The number of hydrogen-bond acceptors (Lipinski definition) is 0. The Morgan fingerprint density at radius 3 is 2.43 bits per heavy atom. The smallest absolute Gasteiger partial charge is 0.206 e. The number of halogens is 3. The molecule has 0 saturated heterocycles. The van der Waals surface area contributed by atoms with E-state index in [1.54, 1.807) is 6.07 Å². The van der Waals surface area contributed by atoms with Crippen LogP contribution in [0.2, 0.25) is 0 Å². The Hall–Kier alpha value is -0.990. The van der Waals surface area contributed by atoms with E-state index in [1.807, 2.05) is 6.92 Å². The third-order valence-corrected chi connectivity index (χ3v) is 5.51. The van der Waals surface area contributed by atoms with Crippen LogP contribution in [0.15, 0.2) is 12.1 Å². The lowest BCUT2D eigenvalue weighted by Crippen LogP contribution is -2.31. The van der Waals surface area contributed by atoms with Gasteiger partial charge in [0, 0.05) is 5.92 Å². The Kier molecular flexibility index (Phi) is 3.79. The number of aryl methyl sites for hydroxylation is 1. The summed E-state index contributed by atoms with van der Waals surface area (Å²) in [7, 11) is 0. The van der Waals surface area contributed by atoms with Crippen LogP contribution in [0.25, 0.3) is 0 Å². The molecule has 116 valence electrons. The van der Waals surface area contributed by atoms with E-state index < -0.39 is 17.7 Å². The van der Waals surface area contributed by atoms with Gasteiger partial charge in [0.1, 0.15) is 5.82 Å². The highest BCUT2D eigenvalue weighted by molar-refractivity contribution is 5.41. The molecule has 1 aromatic rings. The van der Waals surface area contributed by atoms with Crippen molar-refractivity contribution >= 4 is 0 Å². The zero-order chi connectivity index (χ0) is 15.2. The standard InChI is InChI=1S/C18H23F3/c1-3-12-8-14-10-15(13-6-4-11(2)5-7-13)18(20,21)17(14)16(19)9-12/h8-9,11,13,15H,3-7,10H2,1-2H3. The molecule has 1 atom stereocenters. The van der Waals surface area contributed by atoms with Crippen molar-refractivity contribution in [2.75, 3.05) is 0 Å². The zero-order valence-corrected chi connectivity index (χ0v) is 12.8. The summed E-state index contributed by atoms with van der Waals surface area (Å²) in [6.07, 6.45) is 4.79. The molecule has 1 aromatic carbocycles. The third-order valence-electron chi connectivity index (χ3n) is 5.51. The summed E-state index contributed by atoms with van der Waals surface area (Å²) in [4.78, 5) is 0. The van der Waals surface area contributed by atoms with Crippen LogP contribution in [0.4, 0.5) is 13.2 Å². The summed E-state index contributed by atoms with van der Waals surface area (Å²) >= 11 is 0. The molecule has 21 heavy (non-hydrogen) atoms. The van der Waals surface area contributed by atoms with Gasteiger partial charge in [0.15, 0.2) is 0 Å². The molecular formula is C18H23F3. The molecule has 0 heterocycles. The first kappa shape index (κ1) is 14.9. The molecule has 2 aliphatic rings. The van der Waals surface area contributed by atoms with Gasteiger partial charge in [0.2, 0.25) is 0 Å². The summed E-state index contributed by atoms with van der Waals surface area (Å²) in [6, 6.07) is 3.08. The van der Waals surface area contributed by atoms with Crippen LogP contribution in [-0.4, -0.2) is 0 Å². The van der Waals surface area contributed by atoms with E-state index in [4.69, 9.17) is 0 Å². The highest BCUT2D eigenvalue weighted by Gasteiger charge is 2.53. The normalized spacial score (nSPS) is 31.2. The highest BCUT2D eigenvalue weighted by atomic mass is 19.3. The van der Waals surface area contributed by atoms with Crippen LogP contribution in [-0.2, 0) is 18.8 Å². The van der Waals surface area contributed by atoms with E-state index >= 15 is 0 Å². The van der Waals surface area contributed by atoms with Gasteiger partial charge in [-0.1, -0.05) is 32.8 Å². The zero-order valence-electron chi connectivity index (χ0n) is 12.8. The number of fused-ring (bicyclic) bond motifs is 1. The fraction of sp³-hybridized carbons (Fsp3) is 0.667. The maximum atomic E-state index is 14.7. The summed E-state index contributed by atoms with van der Waals surface area (Å²) in [5.41, 5.74) is 1.05. The molecule has 0 aliphatic heterocycles. The van der Waals surface area contributed by atoms with Crippen molar-refractivity contribution in [3.8, 4) is 0 Å². The maximum Gasteiger partial charge on any atom is 0.279 e. The first-order valence-corrected chi connectivity index (χ1v) is 8.13. The second kappa shape index (κ2) is 5.33. The van der Waals surface area contributed by atoms with Crippen LogP contribution in [0.3, 0.4) is 0 Å². The van der Waals surface area contributed by atoms with Gasteiger partial charge in [0.25, 0.3) is 5.92 Å². The van der Waals surface area contributed by atoms with Crippen molar-refractivity contribution in [3.63, 3.8) is 0 Å². The first-order chi connectivity index (χ1) is 9.93. The lowest BCUT2D eigenvalue weighted by Gasteiger charge is -2.33. The van der Waals surface area contributed by atoms with Crippen molar-refractivity contribution in [1.29, 1.82) is 0 Å². The Bertz CT molecular complexity index is 528. The molecule has 0 N–H and O–H groups in total. The Labute approximate surface area is 124 Å². The number of hydrogen-bond donors (Lipinski definition) is 0. The van der Waals surface area contributed by atoms with Crippen LogP contribution in [0, 0.1) is 23.6 Å². The Morgan fingerprint density at radius 2 is 1.81 bits per heavy atom. The molecule has 3 heteroatoms. The van der Waals surface area contributed by atoms with Crippen molar-refractivity contribution < 1.29 is 13.2 Å². The van der Waals surface area contributed by atoms with Gasteiger partial charge in [-0.2, -0.15) is 0 Å². The van der Waals surface area contributed by atoms with E-state index in [2.05, 4.69) is 6.92 Å². The first-order valence-electron chi connectivity index (χ1n) is 8.13. The van der Waals surface area contributed by atoms with Gasteiger partial charge in [0.05, 0.1) is 5.56 Å². The minimum absolute atomic E-state index is 0.0353. The Balaban J connectivity index is 1.91. The SMILES string of the molecule is CCc1cc(F)c2c(c1)CC(C1CCC(C)CC1)C2(F)F. The molecule has 0 aromatic heterocycles. The van der Waals surface area contributed by atoms with Gasteiger partial charge >= 0.3 is 0 Å². The fourth-order valence-electron chi connectivity index (χ4n) is 4.17. The average molecular weight is 296 g/mol. The van der Waals surface area contributed by atoms with Crippen LogP contribution in [0.5, 0.6) is 0 Å². The van der Waals surface area contributed by atoms with E-state index in [-0.39, 0.29) is 11.5 Å². The van der Waals surface area contributed by atoms with E-state index in [1.165, 1.54) is 6.07 Å². The lowest BCUT2D eigenvalue weighted by atomic mass is 9.74. The number of benzene rings is 1. The molecule has 0 bridgehead atoms. The van der Waals surface area contributed by atoms with Crippen LogP contribution < -0.4 is 0 Å². The molecule has 3 rings (SSSR count). The minimum Gasteiger partial charge on any atom is -0.206 e. The fourth-order valence-corrected chi connectivity index (χ4v) is 4.17. The van der Waals surface area contributed by atoms with Crippen LogP contribution in [0.1, 0.15) is 56.2 Å². The predicted octanol–water partition coefficient (Wildman–Crippen LogP) is 5.48. The second-order valence-corrected chi connectivity index (χ2v) is 6.92. The molecule has 2 aliphatic carbocycles. The van der Waals surface area contributed by atoms with Gasteiger partial charge in [-0.15, -0.1) is 0 Å². The molecule has 0 nitrogen and oxygen atoms in total. The lowest BCUT2D eigenvalue weighted by molar-refractivity contribution is -0.0836. The molecule has 0 spiro atoms. The molecule has 1 fully saturated rings. The van der Waals surface area contributed by atoms with Crippen molar-refractivity contribution in [1.82, 2.24) is 0 Å². The summed E-state index contributed by atoms with van der Waals surface area (Å²) in [6.45, 7) is 4.11. The quantitative estimate of drug-likeness (QED) is 0.678.